The van der Waals surface area contributed by atoms with Crippen LogP contribution >= 0.6 is 11.6 Å². The molecule has 1 aromatic carbocycles. The first-order valence-corrected chi connectivity index (χ1v) is 4.11. The van der Waals surface area contributed by atoms with E-state index in [9.17, 15) is 4.39 Å². The second kappa shape index (κ2) is 2.92. The van der Waals surface area contributed by atoms with Crippen LogP contribution in [0.15, 0.2) is 18.3 Å². The van der Waals surface area contributed by atoms with Crippen molar-refractivity contribution in [2.75, 3.05) is 7.11 Å². The maximum absolute atomic E-state index is 13.4. The summed E-state index contributed by atoms with van der Waals surface area (Å²) in [6, 6.07) is 3.45. The number of hydrogen-bond donors (Lipinski definition) is 1. The minimum absolute atomic E-state index is 0.0115. The summed E-state index contributed by atoms with van der Waals surface area (Å²) < 4.78 is 18.4. The number of benzene rings is 1. The molecule has 0 unspecified atom stereocenters. The van der Waals surface area contributed by atoms with Crippen LogP contribution in [0.5, 0.6) is 5.75 Å². The van der Waals surface area contributed by atoms with Gasteiger partial charge in [-0.1, -0.05) is 11.6 Å². The number of methoxy groups -OCH3 is 1. The zero-order valence-corrected chi connectivity index (χ0v) is 7.65. The molecule has 1 heterocycles. The Labute approximate surface area is 79.3 Å². The van der Waals surface area contributed by atoms with Gasteiger partial charge in [0.2, 0.25) is 0 Å². The molecule has 0 aliphatic carbocycles. The Hall–Kier alpha value is -1.22. The van der Waals surface area contributed by atoms with Crippen molar-refractivity contribution in [3.8, 4) is 5.75 Å². The zero-order valence-electron chi connectivity index (χ0n) is 6.90. The maximum atomic E-state index is 13.4. The van der Waals surface area contributed by atoms with E-state index in [1.807, 2.05) is 0 Å². The van der Waals surface area contributed by atoms with Gasteiger partial charge < -0.3 is 9.72 Å². The third-order valence-corrected chi connectivity index (χ3v) is 2.27. The number of aromatic nitrogens is 1. The predicted octanol–water partition coefficient (Wildman–Crippen LogP) is 2.97. The van der Waals surface area contributed by atoms with E-state index in [1.54, 1.807) is 18.3 Å². The summed E-state index contributed by atoms with van der Waals surface area (Å²) in [5.41, 5.74) is 0.408. The van der Waals surface area contributed by atoms with Crippen LogP contribution in [-0.2, 0) is 0 Å². The second-order valence-corrected chi connectivity index (χ2v) is 3.03. The van der Waals surface area contributed by atoms with Crippen molar-refractivity contribution in [1.29, 1.82) is 0 Å². The highest BCUT2D eigenvalue weighted by Gasteiger charge is 2.12. The van der Waals surface area contributed by atoms with Crippen molar-refractivity contribution < 1.29 is 9.13 Å². The lowest BCUT2D eigenvalue weighted by Crippen LogP contribution is -1.88. The number of nitrogens with one attached hydrogen (secondary N) is 1. The van der Waals surface area contributed by atoms with E-state index in [1.165, 1.54) is 7.11 Å². The SMILES string of the molecule is COc1cc2cc[nH]c2c(F)c1Cl. The van der Waals surface area contributed by atoms with E-state index in [-0.39, 0.29) is 5.02 Å². The van der Waals surface area contributed by atoms with Gasteiger partial charge in [0, 0.05) is 11.6 Å². The number of H-pyrrole nitrogens is 1. The lowest BCUT2D eigenvalue weighted by atomic mass is 10.2. The van der Waals surface area contributed by atoms with Crippen molar-refractivity contribution in [2.45, 2.75) is 0 Å². The molecule has 0 aliphatic heterocycles. The monoisotopic (exact) mass is 199 g/mol. The van der Waals surface area contributed by atoms with Crippen LogP contribution in [0.25, 0.3) is 10.9 Å². The molecular weight excluding hydrogens is 193 g/mol. The number of ether oxygens (including phenoxy) is 1. The van der Waals surface area contributed by atoms with Crippen LogP contribution in [-0.4, -0.2) is 12.1 Å². The van der Waals surface area contributed by atoms with Gasteiger partial charge in [0.05, 0.1) is 12.6 Å². The van der Waals surface area contributed by atoms with Crippen molar-refractivity contribution in [2.24, 2.45) is 0 Å². The second-order valence-electron chi connectivity index (χ2n) is 2.65. The van der Waals surface area contributed by atoms with Crippen LogP contribution in [0.2, 0.25) is 5.02 Å². The summed E-state index contributed by atoms with van der Waals surface area (Å²) in [6.45, 7) is 0. The van der Waals surface area contributed by atoms with E-state index in [0.717, 1.165) is 5.39 Å². The van der Waals surface area contributed by atoms with Gasteiger partial charge in [0.15, 0.2) is 5.82 Å². The van der Waals surface area contributed by atoms with Gasteiger partial charge in [-0.2, -0.15) is 0 Å². The molecule has 0 fully saturated rings. The molecule has 68 valence electrons. The minimum Gasteiger partial charge on any atom is -0.495 e. The average Bonchev–Trinajstić information content (AvgIpc) is 2.59. The summed E-state index contributed by atoms with van der Waals surface area (Å²) in [5.74, 6) is -0.118. The molecule has 0 aliphatic rings. The third kappa shape index (κ3) is 1.16. The molecule has 13 heavy (non-hydrogen) atoms. The fraction of sp³-hybridized carbons (Fsp3) is 0.111. The summed E-state index contributed by atoms with van der Waals surface area (Å²) in [6.07, 6.45) is 1.66. The first kappa shape index (κ1) is 8.38. The minimum atomic E-state index is -0.471. The zero-order chi connectivity index (χ0) is 9.42. The molecule has 1 N–H and O–H groups in total. The molecule has 2 rings (SSSR count). The Morgan fingerprint density at radius 2 is 2.31 bits per heavy atom. The number of hydrogen-bond acceptors (Lipinski definition) is 1. The molecule has 4 heteroatoms. The number of aromatic amines is 1. The van der Waals surface area contributed by atoms with Crippen LogP contribution < -0.4 is 4.74 Å². The fourth-order valence-electron chi connectivity index (χ4n) is 1.26. The third-order valence-electron chi connectivity index (χ3n) is 1.91. The lowest BCUT2D eigenvalue weighted by Gasteiger charge is -2.04. The highest BCUT2D eigenvalue weighted by molar-refractivity contribution is 6.33. The van der Waals surface area contributed by atoms with Gasteiger partial charge in [-0.25, -0.2) is 4.39 Å². The first-order valence-electron chi connectivity index (χ1n) is 3.73. The molecule has 0 amide bonds. The van der Waals surface area contributed by atoms with Gasteiger partial charge >= 0.3 is 0 Å². The van der Waals surface area contributed by atoms with E-state index in [0.29, 0.717) is 11.3 Å². The van der Waals surface area contributed by atoms with Crippen LogP contribution in [0, 0.1) is 5.82 Å². The smallest absolute Gasteiger partial charge is 0.169 e. The number of halogens is 2. The van der Waals surface area contributed by atoms with Gasteiger partial charge in [0.25, 0.3) is 0 Å². The summed E-state index contributed by atoms with van der Waals surface area (Å²) in [7, 11) is 1.46. The molecule has 0 radical (unpaired) electrons. The predicted molar refractivity (Wildman–Crippen MR) is 49.8 cm³/mol. The van der Waals surface area contributed by atoms with Crippen molar-refractivity contribution in [1.82, 2.24) is 4.98 Å². The van der Waals surface area contributed by atoms with Gasteiger partial charge in [-0.3, -0.25) is 0 Å². The molecule has 0 atom stereocenters. The van der Waals surface area contributed by atoms with Gasteiger partial charge in [-0.15, -0.1) is 0 Å². The van der Waals surface area contributed by atoms with E-state index >= 15 is 0 Å². The maximum Gasteiger partial charge on any atom is 0.169 e. The van der Waals surface area contributed by atoms with Crippen molar-refractivity contribution >= 4 is 22.5 Å². The molecule has 1 aromatic heterocycles. The Balaban J connectivity index is 2.83. The Morgan fingerprint density at radius 3 is 3.00 bits per heavy atom. The molecule has 0 saturated carbocycles. The normalized spacial score (nSPS) is 10.7. The molecule has 0 bridgehead atoms. The van der Waals surface area contributed by atoms with Crippen LogP contribution in [0.3, 0.4) is 0 Å². The first-order chi connectivity index (χ1) is 6.24. The number of rotatable bonds is 1. The van der Waals surface area contributed by atoms with Crippen molar-refractivity contribution in [3.05, 3.63) is 29.2 Å². The standard InChI is InChI=1S/C9H7ClFNO/c1-13-6-4-5-2-3-12-9(5)8(11)7(6)10/h2-4,12H,1H3. The Kier molecular flexibility index (Phi) is 1.88. The average molecular weight is 200 g/mol. The molecular formula is C9H7ClFNO. The molecule has 2 nitrogen and oxygen atoms in total. The van der Waals surface area contributed by atoms with E-state index in [2.05, 4.69) is 4.98 Å². The topological polar surface area (TPSA) is 25.0 Å². The van der Waals surface area contributed by atoms with Crippen LogP contribution in [0.4, 0.5) is 4.39 Å². The van der Waals surface area contributed by atoms with E-state index < -0.39 is 5.82 Å². The summed E-state index contributed by atoms with van der Waals surface area (Å²) in [4.78, 5) is 2.76. The molecule has 0 spiro atoms. The summed E-state index contributed by atoms with van der Waals surface area (Å²) in [5, 5.41) is 0.760. The number of fused-ring (bicyclic) bond motifs is 1. The van der Waals surface area contributed by atoms with Gasteiger partial charge in [0.1, 0.15) is 10.8 Å². The summed E-state index contributed by atoms with van der Waals surface area (Å²) >= 11 is 5.71. The quantitative estimate of drug-likeness (QED) is 0.751. The highest BCUT2D eigenvalue weighted by atomic mass is 35.5. The molecule has 2 aromatic rings. The highest BCUT2D eigenvalue weighted by Crippen LogP contribution is 2.32. The molecule has 0 saturated heterocycles. The Bertz CT molecular complexity index is 452. The fourth-order valence-corrected chi connectivity index (χ4v) is 1.49. The van der Waals surface area contributed by atoms with E-state index in [4.69, 9.17) is 16.3 Å². The lowest BCUT2D eigenvalue weighted by molar-refractivity contribution is 0.412. The Morgan fingerprint density at radius 1 is 1.54 bits per heavy atom. The van der Waals surface area contributed by atoms with Crippen molar-refractivity contribution in [3.63, 3.8) is 0 Å². The largest absolute Gasteiger partial charge is 0.495 e. The van der Waals surface area contributed by atoms with Crippen LogP contribution in [0.1, 0.15) is 0 Å². The van der Waals surface area contributed by atoms with Gasteiger partial charge in [-0.05, 0) is 12.1 Å².